The van der Waals surface area contributed by atoms with Crippen molar-refractivity contribution in [3.05, 3.63) is 24.6 Å². The van der Waals surface area contributed by atoms with Gasteiger partial charge in [-0.15, -0.1) is 0 Å². The van der Waals surface area contributed by atoms with Crippen LogP contribution in [0.2, 0.25) is 0 Å². The van der Waals surface area contributed by atoms with Crippen molar-refractivity contribution < 1.29 is 4.42 Å². The van der Waals surface area contributed by atoms with Crippen molar-refractivity contribution >= 4 is 16.8 Å². The Kier molecular flexibility index (Phi) is 2.30. The lowest BCUT2D eigenvalue weighted by atomic mass is 10.1. The summed E-state index contributed by atoms with van der Waals surface area (Å²) in [6, 6.07) is 5.29. The summed E-state index contributed by atoms with van der Waals surface area (Å²) in [5.41, 5.74) is 0.933. The second kappa shape index (κ2) is 3.99. The first-order chi connectivity index (χ1) is 8.90. The Morgan fingerprint density at radius 1 is 1.22 bits per heavy atom. The molecule has 4 rings (SSSR count). The molecule has 0 amide bonds. The van der Waals surface area contributed by atoms with Gasteiger partial charge in [0.05, 0.1) is 11.6 Å². The summed E-state index contributed by atoms with van der Waals surface area (Å²) in [5.74, 6) is 1.08. The summed E-state index contributed by atoms with van der Waals surface area (Å²) >= 11 is 0. The highest BCUT2D eigenvalue weighted by atomic mass is 16.3. The quantitative estimate of drug-likeness (QED) is 0.833. The van der Waals surface area contributed by atoms with Gasteiger partial charge in [-0.25, -0.2) is 4.98 Å². The molecule has 2 aromatic rings. The Bertz CT molecular complexity index is 565. The summed E-state index contributed by atoms with van der Waals surface area (Å²) in [7, 11) is 0. The maximum atomic E-state index is 5.46. The summed E-state index contributed by atoms with van der Waals surface area (Å²) in [6.45, 7) is 2.15. The third-order valence-corrected chi connectivity index (χ3v) is 4.18. The van der Waals surface area contributed by atoms with Crippen molar-refractivity contribution in [2.75, 3.05) is 18.0 Å². The first-order valence-corrected chi connectivity index (χ1v) is 6.73. The summed E-state index contributed by atoms with van der Waals surface area (Å²) in [6.07, 6.45) is 7.44. The monoisotopic (exact) mass is 243 g/mol. The number of hydrogen-bond acceptors (Lipinski definition) is 4. The number of rotatable bonds is 1. The van der Waals surface area contributed by atoms with E-state index < -0.39 is 0 Å². The van der Waals surface area contributed by atoms with Gasteiger partial charge in [0.1, 0.15) is 11.4 Å². The lowest BCUT2D eigenvalue weighted by Crippen LogP contribution is -2.35. The van der Waals surface area contributed by atoms with Gasteiger partial charge in [0.2, 0.25) is 0 Å². The highest BCUT2D eigenvalue weighted by Gasteiger charge is 2.30. The molecule has 0 radical (unpaired) electrons. The minimum Gasteiger partial charge on any atom is -0.464 e. The molecule has 0 spiro atoms. The SMILES string of the molecule is c1cc2occc2c(N2CCC3CCC(C2)N3)n1. The molecule has 18 heavy (non-hydrogen) atoms. The van der Waals surface area contributed by atoms with E-state index in [1.165, 1.54) is 19.3 Å². The van der Waals surface area contributed by atoms with Crippen LogP contribution in [0.4, 0.5) is 5.82 Å². The number of hydrogen-bond donors (Lipinski definition) is 1. The summed E-state index contributed by atoms with van der Waals surface area (Å²) in [4.78, 5) is 6.98. The molecule has 4 nitrogen and oxygen atoms in total. The lowest BCUT2D eigenvalue weighted by molar-refractivity contribution is 0.563. The molecule has 0 saturated carbocycles. The van der Waals surface area contributed by atoms with Gasteiger partial charge >= 0.3 is 0 Å². The van der Waals surface area contributed by atoms with Gasteiger partial charge in [0, 0.05) is 31.4 Å². The summed E-state index contributed by atoms with van der Waals surface area (Å²) in [5, 5.41) is 4.84. The highest BCUT2D eigenvalue weighted by Crippen LogP contribution is 2.29. The fourth-order valence-corrected chi connectivity index (χ4v) is 3.27. The van der Waals surface area contributed by atoms with E-state index >= 15 is 0 Å². The number of nitrogens with zero attached hydrogens (tertiary/aromatic N) is 2. The Morgan fingerprint density at radius 3 is 3.17 bits per heavy atom. The predicted molar refractivity (Wildman–Crippen MR) is 70.8 cm³/mol. The molecule has 94 valence electrons. The second-order valence-electron chi connectivity index (χ2n) is 5.34. The average molecular weight is 243 g/mol. The van der Waals surface area contributed by atoms with Gasteiger partial charge in [-0.1, -0.05) is 0 Å². The zero-order valence-corrected chi connectivity index (χ0v) is 10.3. The smallest absolute Gasteiger partial charge is 0.139 e. The molecule has 2 unspecified atom stereocenters. The van der Waals surface area contributed by atoms with Crippen LogP contribution in [0.1, 0.15) is 19.3 Å². The zero-order chi connectivity index (χ0) is 11.9. The van der Waals surface area contributed by atoms with Crippen LogP contribution in [0.25, 0.3) is 11.0 Å². The van der Waals surface area contributed by atoms with Crippen molar-refractivity contribution in [2.45, 2.75) is 31.3 Å². The molecule has 2 aliphatic heterocycles. The van der Waals surface area contributed by atoms with E-state index in [2.05, 4.69) is 15.2 Å². The van der Waals surface area contributed by atoms with Gasteiger partial charge in [-0.3, -0.25) is 0 Å². The van der Waals surface area contributed by atoms with Crippen LogP contribution in [0.15, 0.2) is 29.0 Å². The van der Waals surface area contributed by atoms with Gasteiger partial charge in [-0.05, 0) is 31.4 Å². The topological polar surface area (TPSA) is 41.3 Å². The average Bonchev–Trinajstić information content (AvgIpc) is 2.95. The van der Waals surface area contributed by atoms with Crippen LogP contribution in [-0.2, 0) is 0 Å². The summed E-state index contributed by atoms with van der Waals surface area (Å²) < 4.78 is 5.46. The van der Waals surface area contributed by atoms with Gasteiger partial charge in [0.25, 0.3) is 0 Å². The van der Waals surface area contributed by atoms with E-state index in [0.29, 0.717) is 12.1 Å². The van der Waals surface area contributed by atoms with Crippen molar-refractivity contribution in [1.82, 2.24) is 10.3 Å². The molecule has 2 aromatic heterocycles. The van der Waals surface area contributed by atoms with E-state index in [1.807, 2.05) is 18.3 Å². The van der Waals surface area contributed by atoms with Crippen molar-refractivity contribution in [1.29, 1.82) is 0 Å². The molecular weight excluding hydrogens is 226 g/mol. The molecule has 4 heteroatoms. The third kappa shape index (κ3) is 1.60. The van der Waals surface area contributed by atoms with E-state index in [1.54, 1.807) is 6.26 Å². The predicted octanol–water partition coefficient (Wildman–Crippen LogP) is 2.16. The molecule has 2 fully saturated rings. The molecule has 2 atom stereocenters. The minimum atomic E-state index is 0.626. The van der Waals surface area contributed by atoms with E-state index in [-0.39, 0.29) is 0 Å². The Labute approximate surface area is 106 Å². The van der Waals surface area contributed by atoms with E-state index in [0.717, 1.165) is 29.9 Å². The third-order valence-electron chi connectivity index (χ3n) is 4.18. The van der Waals surface area contributed by atoms with E-state index in [4.69, 9.17) is 4.42 Å². The molecular formula is C14H17N3O. The molecule has 2 bridgehead atoms. The molecule has 2 saturated heterocycles. The standard InChI is InChI=1S/C14H17N3O/c1-2-11-9-17(7-4-10(1)16-11)14-12-5-8-18-13(12)3-6-15-14/h3,5-6,8,10-11,16H,1-2,4,7,9H2. The first-order valence-electron chi connectivity index (χ1n) is 6.73. The normalized spacial score (nSPS) is 27.7. The van der Waals surface area contributed by atoms with Crippen molar-refractivity contribution in [3.8, 4) is 0 Å². The number of furan rings is 1. The minimum absolute atomic E-state index is 0.626. The Morgan fingerprint density at radius 2 is 2.17 bits per heavy atom. The van der Waals surface area contributed by atoms with Crippen molar-refractivity contribution in [2.24, 2.45) is 0 Å². The molecule has 2 aliphatic rings. The maximum absolute atomic E-state index is 5.46. The van der Waals surface area contributed by atoms with Crippen LogP contribution in [-0.4, -0.2) is 30.2 Å². The largest absolute Gasteiger partial charge is 0.464 e. The number of fused-ring (bicyclic) bond motifs is 3. The highest BCUT2D eigenvalue weighted by molar-refractivity contribution is 5.88. The molecule has 0 aliphatic carbocycles. The Hall–Kier alpha value is -1.55. The lowest BCUT2D eigenvalue weighted by Gasteiger charge is -2.25. The first kappa shape index (κ1) is 10.4. The van der Waals surface area contributed by atoms with Gasteiger partial charge < -0.3 is 14.6 Å². The molecule has 0 aromatic carbocycles. The van der Waals surface area contributed by atoms with Crippen molar-refractivity contribution in [3.63, 3.8) is 0 Å². The van der Waals surface area contributed by atoms with Crippen LogP contribution in [0.3, 0.4) is 0 Å². The van der Waals surface area contributed by atoms with Crippen LogP contribution in [0.5, 0.6) is 0 Å². The van der Waals surface area contributed by atoms with Crippen LogP contribution < -0.4 is 10.2 Å². The zero-order valence-electron chi connectivity index (χ0n) is 10.3. The number of aromatic nitrogens is 1. The second-order valence-corrected chi connectivity index (χ2v) is 5.34. The van der Waals surface area contributed by atoms with Crippen LogP contribution in [0, 0.1) is 0 Å². The number of anilines is 1. The maximum Gasteiger partial charge on any atom is 0.139 e. The van der Waals surface area contributed by atoms with E-state index in [9.17, 15) is 0 Å². The fraction of sp³-hybridized carbons (Fsp3) is 0.500. The number of pyridine rings is 1. The molecule has 1 N–H and O–H groups in total. The van der Waals surface area contributed by atoms with Gasteiger partial charge in [0.15, 0.2) is 0 Å². The number of nitrogens with one attached hydrogen (secondary N) is 1. The Balaban J connectivity index is 1.71. The van der Waals surface area contributed by atoms with Gasteiger partial charge in [-0.2, -0.15) is 0 Å². The molecule has 4 heterocycles. The fourth-order valence-electron chi connectivity index (χ4n) is 3.27. The van der Waals surface area contributed by atoms with Crippen LogP contribution >= 0.6 is 0 Å².